The Morgan fingerprint density at radius 1 is 0.517 bits per heavy atom. The largest absolute Gasteiger partial charge is 0.756 e. The van der Waals surface area contributed by atoms with Crippen LogP contribution in [0.2, 0.25) is 0 Å². The lowest BCUT2D eigenvalue weighted by Gasteiger charge is -2.28. The second-order valence-corrected chi connectivity index (χ2v) is 19.6. The van der Waals surface area contributed by atoms with Crippen LogP contribution in [0.1, 0.15) is 239 Å². The molecule has 0 amide bonds. The van der Waals surface area contributed by atoms with E-state index in [1.165, 1.54) is 186 Å². The molecule has 0 saturated heterocycles. The van der Waals surface area contributed by atoms with Crippen molar-refractivity contribution in [3.63, 3.8) is 0 Å². The first-order valence-corrected chi connectivity index (χ1v) is 26.4. The maximum absolute atomic E-state index is 12.7. The third-order valence-corrected chi connectivity index (χ3v) is 12.0. The summed E-state index contributed by atoms with van der Waals surface area (Å²) >= 11 is 0. The van der Waals surface area contributed by atoms with E-state index in [0.29, 0.717) is 24.1 Å². The fourth-order valence-corrected chi connectivity index (χ4v) is 7.92. The highest BCUT2D eigenvalue weighted by Crippen LogP contribution is 2.38. The predicted octanol–water partition coefficient (Wildman–Crippen LogP) is 14.4. The topological polar surface area (TPSA) is 94.1 Å². The summed E-state index contributed by atoms with van der Waals surface area (Å²) in [6, 6.07) is 0. The molecule has 0 rings (SSSR count). The molecule has 0 saturated carbocycles. The van der Waals surface area contributed by atoms with Crippen LogP contribution < -0.4 is 4.89 Å². The number of hydrogen-bond acceptors (Lipinski definition) is 7. The maximum atomic E-state index is 12.7. The molecule has 58 heavy (non-hydrogen) atoms. The fraction of sp³-hybridized carbons (Fsp3) is 0.939. The number of ether oxygens (including phenoxy) is 2. The maximum Gasteiger partial charge on any atom is 0.306 e. The lowest BCUT2D eigenvalue weighted by Crippen LogP contribution is -2.37. The van der Waals surface area contributed by atoms with Gasteiger partial charge in [0.15, 0.2) is 0 Å². The first-order valence-electron chi connectivity index (χ1n) is 24.9. The van der Waals surface area contributed by atoms with Crippen LogP contribution in [0, 0.1) is 0 Å². The number of likely N-dealkylation sites (N-methyl/N-ethyl adjacent to an activating group) is 1. The average molecular weight is 844 g/mol. The number of allylic oxidation sites excluding steroid dienone is 2. The number of hydrogen-bond donors (Lipinski definition) is 0. The van der Waals surface area contributed by atoms with E-state index >= 15 is 0 Å². The number of esters is 1. The molecule has 2 unspecified atom stereocenters. The van der Waals surface area contributed by atoms with Crippen molar-refractivity contribution < 1.29 is 37.3 Å². The highest BCUT2D eigenvalue weighted by Gasteiger charge is 2.20. The summed E-state index contributed by atoms with van der Waals surface area (Å²) in [5.41, 5.74) is 0. The van der Waals surface area contributed by atoms with Crippen LogP contribution in [0.15, 0.2) is 12.2 Å². The average Bonchev–Trinajstić information content (AvgIpc) is 3.18. The van der Waals surface area contributed by atoms with Crippen molar-refractivity contribution in [1.29, 1.82) is 0 Å². The monoisotopic (exact) mass is 844 g/mol. The van der Waals surface area contributed by atoms with Gasteiger partial charge in [0.2, 0.25) is 0 Å². The van der Waals surface area contributed by atoms with Gasteiger partial charge in [0.25, 0.3) is 7.82 Å². The molecule has 9 heteroatoms. The summed E-state index contributed by atoms with van der Waals surface area (Å²) in [6.07, 6.45) is 48.0. The Morgan fingerprint density at radius 2 is 0.897 bits per heavy atom. The van der Waals surface area contributed by atoms with Crippen LogP contribution >= 0.6 is 7.82 Å². The standard InChI is InChI=1S/C49H98NO7P/c1-6-8-10-12-14-16-18-20-22-24-26-28-30-32-34-36-38-40-42-49(51)57-48(47-56-58(52,53)55-45-43-50(3,4)5)46-54-44-41-39-37-35-33-31-29-27-25-23-21-19-17-15-13-11-9-7-2/h22,24,48H,6-21,23,25-47H2,1-5H3/b24-22-. The molecule has 0 fully saturated rings. The molecule has 0 N–H and O–H groups in total. The van der Waals surface area contributed by atoms with Gasteiger partial charge in [-0.2, -0.15) is 0 Å². The van der Waals surface area contributed by atoms with Gasteiger partial charge in [0.1, 0.15) is 19.3 Å². The van der Waals surface area contributed by atoms with Gasteiger partial charge in [-0.3, -0.25) is 9.36 Å². The van der Waals surface area contributed by atoms with Crippen LogP contribution in [0.5, 0.6) is 0 Å². The van der Waals surface area contributed by atoms with Gasteiger partial charge >= 0.3 is 5.97 Å². The molecule has 0 aliphatic heterocycles. The highest BCUT2D eigenvalue weighted by atomic mass is 31.2. The molecule has 0 radical (unpaired) electrons. The van der Waals surface area contributed by atoms with E-state index in [-0.39, 0.29) is 25.8 Å². The van der Waals surface area contributed by atoms with Crippen molar-refractivity contribution in [2.24, 2.45) is 0 Å². The van der Waals surface area contributed by atoms with E-state index in [9.17, 15) is 14.3 Å². The van der Waals surface area contributed by atoms with E-state index in [1.54, 1.807) is 0 Å². The zero-order valence-electron chi connectivity index (χ0n) is 39.3. The van der Waals surface area contributed by atoms with Crippen molar-refractivity contribution in [1.82, 2.24) is 0 Å². The third-order valence-electron chi connectivity index (χ3n) is 11.1. The predicted molar refractivity (Wildman–Crippen MR) is 245 cm³/mol. The van der Waals surface area contributed by atoms with Crippen LogP contribution in [0.4, 0.5) is 0 Å². The number of phosphoric acid groups is 1. The van der Waals surface area contributed by atoms with Gasteiger partial charge in [0, 0.05) is 13.0 Å². The van der Waals surface area contributed by atoms with Crippen LogP contribution in [0.25, 0.3) is 0 Å². The SMILES string of the molecule is CCCCCCCCC/C=C\CCCCCCCCCC(=O)OC(COCCCCCCCCCCCCCCCCCCCC)COP(=O)([O-])OCC[N+](C)(C)C. The fourth-order valence-electron chi connectivity index (χ4n) is 7.19. The molecular formula is C49H98NO7P. The Bertz CT molecular complexity index is 940. The number of nitrogens with zero attached hydrogens (tertiary/aromatic N) is 1. The van der Waals surface area contributed by atoms with Gasteiger partial charge in [-0.1, -0.05) is 206 Å². The summed E-state index contributed by atoms with van der Waals surface area (Å²) in [6.45, 7) is 5.46. The van der Waals surface area contributed by atoms with Crippen molar-refractivity contribution in [2.75, 3.05) is 54.1 Å². The number of unbranched alkanes of at least 4 members (excludes halogenated alkanes) is 31. The number of phosphoric ester groups is 1. The molecule has 0 aliphatic carbocycles. The molecular weight excluding hydrogens is 746 g/mol. The van der Waals surface area contributed by atoms with Gasteiger partial charge < -0.3 is 27.9 Å². The first-order chi connectivity index (χ1) is 28.1. The van der Waals surface area contributed by atoms with Gasteiger partial charge in [-0.05, 0) is 38.5 Å². The Morgan fingerprint density at radius 3 is 1.31 bits per heavy atom. The second-order valence-electron chi connectivity index (χ2n) is 18.2. The second kappa shape index (κ2) is 42.9. The molecule has 0 bridgehead atoms. The van der Waals surface area contributed by atoms with Crippen molar-refractivity contribution >= 4 is 13.8 Å². The van der Waals surface area contributed by atoms with Gasteiger partial charge in [0.05, 0.1) is 34.4 Å². The van der Waals surface area contributed by atoms with Crippen molar-refractivity contribution in [3.05, 3.63) is 12.2 Å². The molecule has 346 valence electrons. The summed E-state index contributed by atoms with van der Waals surface area (Å²) in [5.74, 6) is -0.333. The van der Waals surface area contributed by atoms with Crippen molar-refractivity contribution in [2.45, 2.75) is 245 Å². The molecule has 0 aromatic rings. The zero-order chi connectivity index (χ0) is 42.7. The number of rotatable bonds is 47. The number of carbonyl (C=O) groups is 1. The quantitative estimate of drug-likeness (QED) is 0.0198. The summed E-state index contributed by atoms with van der Waals surface area (Å²) in [7, 11) is 1.37. The van der Waals surface area contributed by atoms with E-state index in [0.717, 1.165) is 32.1 Å². The summed E-state index contributed by atoms with van der Waals surface area (Å²) in [5, 5.41) is 0. The Hall–Kier alpha value is -0.760. The number of quaternary nitrogens is 1. The van der Waals surface area contributed by atoms with Gasteiger partial charge in [-0.25, -0.2) is 0 Å². The van der Waals surface area contributed by atoms with E-state index in [2.05, 4.69) is 26.0 Å². The molecule has 0 aromatic heterocycles. The van der Waals surface area contributed by atoms with Crippen LogP contribution in [-0.4, -0.2) is 70.7 Å². The Kier molecular flexibility index (Phi) is 42.3. The molecule has 8 nitrogen and oxygen atoms in total. The molecule has 0 aliphatic rings. The van der Waals surface area contributed by atoms with Crippen LogP contribution in [-0.2, 0) is 27.9 Å². The minimum Gasteiger partial charge on any atom is -0.756 e. The Balaban J connectivity index is 4.14. The lowest BCUT2D eigenvalue weighted by molar-refractivity contribution is -0.870. The molecule has 0 spiro atoms. The first kappa shape index (κ1) is 57.2. The van der Waals surface area contributed by atoms with Gasteiger partial charge in [-0.15, -0.1) is 0 Å². The Labute approximate surface area is 360 Å². The highest BCUT2D eigenvalue weighted by molar-refractivity contribution is 7.45. The number of carbonyl (C=O) groups excluding carboxylic acids is 1. The van der Waals surface area contributed by atoms with E-state index in [4.69, 9.17) is 18.5 Å². The van der Waals surface area contributed by atoms with E-state index < -0.39 is 13.9 Å². The molecule has 0 aromatic carbocycles. The minimum atomic E-state index is -4.52. The zero-order valence-corrected chi connectivity index (χ0v) is 40.2. The van der Waals surface area contributed by atoms with E-state index in [1.807, 2.05) is 21.1 Å². The molecule has 2 atom stereocenters. The molecule has 0 heterocycles. The minimum absolute atomic E-state index is 0.0288. The lowest BCUT2D eigenvalue weighted by atomic mass is 10.0. The summed E-state index contributed by atoms with van der Waals surface area (Å²) in [4.78, 5) is 25.1. The third kappa shape index (κ3) is 46.3. The summed E-state index contributed by atoms with van der Waals surface area (Å²) < 4.78 is 34.7. The van der Waals surface area contributed by atoms with Crippen molar-refractivity contribution in [3.8, 4) is 0 Å². The van der Waals surface area contributed by atoms with Crippen LogP contribution in [0.3, 0.4) is 0 Å². The smallest absolute Gasteiger partial charge is 0.306 e. The normalized spacial score (nSPS) is 13.7.